The van der Waals surface area contributed by atoms with Crippen LogP contribution in [0.5, 0.6) is 0 Å². The van der Waals surface area contributed by atoms with Crippen molar-refractivity contribution in [3.63, 3.8) is 0 Å². The highest BCUT2D eigenvalue weighted by Gasteiger charge is 2.29. The first-order chi connectivity index (χ1) is 7.33. The highest BCUT2D eigenvalue weighted by molar-refractivity contribution is 4.84. The summed E-state index contributed by atoms with van der Waals surface area (Å²) < 4.78 is 5.00. The first kappa shape index (κ1) is 12.9. The van der Waals surface area contributed by atoms with Crippen LogP contribution in [0.1, 0.15) is 38.5 Å². The Balaban J connectivity index is 2.15. The van der Waals surface area contributed by atoms with Crippen LogP contribution >= 0.6 is 0 Å². The number of methoxy groups -OCH3 is 1. The molecule has 90 valence electrons. The summed E-state index contributed by atoms with van der Waals surface area (Å²) in [5.74, 6) is 0. The zero-order valence-corrected chi connectivity index (χ0v) is 10.1. The third-order valence-electron chi connectivity index (χ3n) is 3.66. The summed E-state index contributed by atoms with van der Waals surface area (Å²) >= 11 is 0. The second-order valence-electron chi connectivity index (χ2n) is 4.76. The summed E-state index contributed by atoms with van der Waals surface area (Å²) in [5, 5.41) is 3.41. The molecule has 1 rings (SSSR count). The van der Waals surface area contributed by atoms with Crippen LogP contribution in [0, 0.1) is 5.41 Å². The van der Waals surface area contributed by atoms with E-state index in [2.05, 4.69) is 5.32 Å². The van der Waals surface area contributed by atoms with E-state index in [-0.39, 0.29) is 0 Å². The maximum absolute atomic E-state index is 5.93. The van der Waals surface area contributed by atoms with Crippen LogP contribution in [0.3, 0.4) is 0 Å². The third kappa shape index (κ3) is 4.49. The maximum Gasteiger partial charge on any atom is 0.0587 e. The van der Waals surface area contributed by atoms with Crippen molar-refractivity contribution in [1.29, 1.82) is 0 Å². The lowest BCUT2D eigenvalue weighted by Gasteiger charge is -2.36. The summed E-state index contributed by atoms with van der Waals surface area (Å²) in [6.07, 6.45) is 8.03. The lowest BCUT2D eigenvalue weighted by atomic mass is 9.72. The van der Waals surface area contributed by atoms with E-state index in [9.17, 15) is 0 Å². The average molecular weight is 214 g/mol. The molecular weight excluding hydrogens is 188 g/mol. The summed E-state index contributed by atoms with van der Waals surface area (Å²) in [4.78, 5) is 0. The predicted molar refractivity (Wildman–Crippen MR) is 63.9 cm³/mol. The number of hydrogen-bond acceptors (Lipinski definition) is 3. The third-order valence-corrected chi connectivity index (χ3v) is 3.66. The number of hydrogen-bond donors (Lipinski definition) is 2. The van der Waals surface area contributed by atoms with E-state index in [1.54, 1.807) is 7.11 Å². The van der Waals surface area contributed by atoms with E-state index in [1.807, 2.05) is 0 Å². The van der Waals surface area contributed by atoms with Gasteiger partial charge in [-0.2, -0.15) is 0 Å². The monoisotopic (exact) mass is 214 g/mol. The van der Waals surface area contributed by atoms with Crippen LogP contribution in [0.15, 0.2) is 0 Å². The van der Waals surface area contributed by atoms with E-state index in [4.69, 9.17) is 10.5 Å². The highest BCUT2D eigenvalue weighted by Crippen LogP contribution is 2.37. The zero-order valence-electron chi connectivity index (χ0n) is 10.1. The molecular formula is C12H26N2O. The minimum absolute atomic E-state index is 0.443. The SMILES string of the molecule is COCCNCCC1(CN)CCCCC1. The molecule has 0 amide bonds. The largest absolute Gasteiger partial charge is 0.383 e. The van der Waals surface area contributed by atoms with Gasteiger partial charge in [0.1, 0.15) is 0 Å². The Labute approximate surface area is 93.8 Å². The van der Waals surface area contributed by atoms with Crippen molar-refractivity contribution in [2.24, 2.45) is 11.1 Å². The Morgan fingerprint density at radius 3 is 2.53 bits per heavy atom. The number of ether oxygens (including phenoxy) is 1. The van der Waals surface area contributed by atoms with E-state index < -0.39 is 0 Å². The van der Waals surface area contributed by atoms with Gasteiger partial charge in [-0.15, -0.1) is 0 Å². The molecule has 1 saturated carbocycles. The molecule has 0 bridgehead atoms. The number of nitrogens with two attached hydrogens (primary N) is 1. The van der Waals surface area contributed by atoms with Crippen LogP contribution < -0.4 is 11.1 Å². The maximum atomic E-state index is 5.93. The Morgan fingerprint density at radius 2 is 1.93 bits per heavy atom. The second-order valence-corrected chi connectivity index (χ2v) is 4.76. The molecule has 3 N–H and O–H groups in total. The predicted octanol–water partition coefficient (Wildman–Crippen LogP) is 1.52. The highest BCUT2D eigenvalue weighted by atomic mass is 16.5. The number of rotatable bonds is 7. The topological polar surface area (TPSA) is 47.3 Å². The normalized spacial score (nSPS) is 20.4. The smallest absolute Gasteiger partial charge is 0.0587 e. The molecule has 1 aliphatic carbocycles. The summed E-state index contributed by atoms with van der Waals surface area (Å²) in [5.41, 5.74) is 6.37. The molecule has 0 aliphatic heterocycles. The second kappa shape index (κ2) is 7.20. The van der Waals surface area contributed by atoms with E-state index in [1.165, 1.54) is 38.5 Å². The fourth-order valence-electron chi connectivity index (χ4n) is 2.51. The summed E-state index contributed by atoms with van der Waals surface area (Å²) in [6.45, 7) is 3.70. The van der Waals surface area contributed by atoms with Gasteiger partial charge < -0.3 is 15.8 Å². The molecule has 0 aromatic heterocycles. The van der Waals surface area contributed by atoms with E-state index >= 15 is 0 Å². The van der Waals surface area contributed by atoms with Gasteiger partial charge in [0, 0.05) is 13.7 Å². The first-order valence-electron chi connectivity index (χ1n) is 6.23. The van der Waals surface area contributed by atoms with E-state index in [0.29, 0.717) is 5.41 Å². The molecule has 0 atom stereocenters. The fourth-order valence-corrected chi connectivity index (χ4v) is 2.51. The Morgan fingerprint density at radius 1 is 1.20 bits per heavy atom. The molecule has 0 aromatic rings. The van der Waals surface area contributed by atoms with Gasteiger partial charge in [0.05, 0.1) is 6.61 Å². The average Bonchev–Trinajstić information content (AvgIpc) is 2.30. The zero-order chi connectivity index (χ0) is 11.0. The van der Waals surface area contributed by atoms with Gasteiger partial charge >= 0.3 is 0 Å². The molecule has 0 spiro atoms. The van der Waals surface area contributed by atoms with Crippen LogP contribution in [0.25, 0.3) is 0 Å². The lowest BCUT2D eigenvalue weighted by Crippen LogP contribution is -2.36. The van der Waals surface area contributed by atoms with Crippen molar-refractivity contribution in [3.8, 4) is 0 Å². The van der Waals surface area contributed by atoms with Gasteiger partial charge in [0.25, 0.3) is 0 Å². The minimum Gasteiger partial charge on any atom is -0.383 e. The van der Waals surface area contributed by atoms with Gasteiger partial charge in [-0.05, 0) is 37.8 Å². The molecule has 1 fully saturated rings. The van der Waals surface area contributed by atoms with Crippen molar-refractivity contribution < 1.29 is 4.74 Å². The van der Waals surface area contributed by atoms with Gasteiger partial charge in [0.15, 0.2) is 0 Å². The minimum atomic E-state index is 0.443. The van der Waals surface area contributed by atoms with Crippen molar-refractivity contribution >= 4 is 0 Å². The summed E-state index contributed by atoms with van der Waals surface area (Å²) in [7, 11) is 1.74. The first-order valence-corrected chi connectivity index (χ1v) is 6.23. The molecule has 0 unspecified atom stereocenters. The van der Waals surface area contributed by atoms with Gasteiger partial charge in [-0.3, -0.25) is 0 Å². The molecule has 3 nitrogen and oxygen atoms in total. The Bertz CT molecular complexity index is 156. The van der Waals surface area contributed by atoms with Crippen LogP contribution in [0.4, 0.5) is 0 Å². The molecule has 3 heteroatoms. The quantitative estimate of drug-likeness (QED) is 0.632. The van der Waals surface area contributed by atoms with Gasteiger partial charge in [0.2, 0.25) is 0 Å². The molecule has 0 radical (unpaired) electrons. The van der Waals surface area contributed by atoms with Crippen molar-refractivity contribution in [2.45, 2.75) is 38.5 Å². The molecule has 15 heavy (non-hydrogen) atoms. The van der Waals surface area contributed by atoms with Crippen molar-refractivity contribution in [3.05, 3.63) is 0 Å². The van der Waals surface area contributed by atoms with Crippen LogP contribution in [-0.2, 0) is 4.74 Å². The summed E-state index contributed by atoms with van der Waals surface area (Å²) in [6, 6.07) is 0. The van der Waals surface area contributed by atoms with Gasteiger partial charge in [-0.1, -0.05) is 19.3 Å². The Kier molecular flexibility index (Phi) is 6.22. The van der Waals surface area contributed by atoms with Crippen molar-refractivity contribution in [1.82, 2.24) is 5.32 Å². The molecule has 0 heterocycles. The number of nitrogens with one attached hydrogen (secondary N) is 1. The van der Waals surface area contributed by atoms with Gasteiger partial charge in [-0.25, -0.2) is 0 Å². The molecule has 0 saturated heterocycles. The molecule has 1 aliphatic rings. The Hall–Kier alpha value is -0.120. The lowest BCUT2D eigenvalue weighted by molar-refractivity contribution is 0.172. The van der Waals surface area contributed by atoms with Crippen molar-refractivity contribution in [2.75, 3.05) is 33.4 Å². The van der Waals surface area contributed by atoms with Crippen LogP contribution in [-0.4, -0.2) is 33.4 Å². The fraction of sp³-hybridized carbons (Fsp3) is 1.00. The van der Waals surface area contributed by atoms with E-state index in [0.717, 1.165) is 26.2 Å². The molecule has 0 aromatic carbocycles. The van der Waals surface area contributed by atoms with Crippen LogP contribution in [0.2, 0.25) is 0 Å². The standard InChI is InChI=1S/C12H26N2O/c1-15-10-9-14-8-7-12(11-13)5-3-2-4-6-12/h14H,2-11,13H2,1H3.